The van der Waals surface area contributed by atoms with E-state index in [1.165, 1.54) is 12.1 Å². The van der Waals surface area contributed by atoms with Crippen LogP contribution in [0.15, 0.2) is 12.1 Å². The van der Waals surface area contributed by atoms with E-state index in [4.69, 9.17) is 16.3 Å². The molecule has 0 fully saturated rings. The molecule has 100 valence electrons. The Morgan fingerprint density at radius 1 is 1.47 bits per heavy atom. The molecule has 0 bridgehead atoms. The van der Waals surface area contributed by atoms with E-state index in [9.17, 15) is 14.4 Å². The highest BCUT2D eigenvalue weighted by Crippen LogP contribution is 2.33. The van der Waals surface area contributed by atoms with Crippen LogP contribution in [0.2, 0.25) is 5.02 Å². The number of carbonyl (C=O) groups excluding carboxylic acids is 3. The molecule has 1 aliphatic heterocycles. The van der Waals surface area contributed by atoms with Gasteiger partial charge in [0.1, 0.15) is 5.75 Å². The minimum atomic E-state index is -0.982. The van der Waals surface area contributed by atoms with Gasteiger partial charge in [-0.3, -0.25) is 9.59 Å². The second-order valence-corrected chi connectivity index (χ2v) is 4.12. The summed E-state index contributed by atoms with van der Waals surface area (Å²) in [6, 6.07) is 2.68. The van der Waals surface area contributed by atoms with Gasteiger partial charge in [-0.15, -0.1) is 0 Å². The van der Waals surface area contributed by atoms with E-state index in [1.807, 2.05) is 0 Å². The van der Waals surface area contributed by atoms with E-state index in [1.54, 1.807) is 6.92 Å². The molecular weight excluding hydrogens is 274 g/mol. The van der Waals surface area contributed by atoms with Gasteiger partial charge >= 0.3 is 5.97 Å². The zero-order valence-electron chi connectivity index (χ0n) is 9.99. The maximum Gasteiger partial charge on any atom is 0.379 e. The second-order valence-electron chi connectivity index (χ2n) is 3.71. The number of nitrogens with one attached hydrogen (secondary N) is 1. The quantitative estimate of drug-likeness (QED) is 0.515. The minimum Gasteiger partial charge on any atom is -0.482 e. The molecule has 0 spiro atoms. The highest BCUT2D eigenvalue weighted by molar-refractivity contribution is 6.45. The first kappa shape index (κ1) is 13.4. The van der Waals surface area contributed by atoms with E-state index in [0.29, 0.717) is 5.69 Å². The number of esters is 1. The molecule has 1 amide bonds. The summed E-state index contributed by atoms with van der Waals surface area (Å²) < 4.78 is 9.76. The molecule has 1 aromatic carbocycles. The van der Waals surface area contributed by atoms with Crippen LogP contribution in [0.3, 0.4) is 0 Å². The Morgan fingerprint density at radius 2 is 2.21 bits per heavy atom. The van der Waals surface area contributed by atoms with E-state index in [-0.39, 0.29) is 35.5 Å². The topological polar surface area (TPSA) is 81.7 Å². The van der Waals surface area contributed by atoms with E-state index in [0.717, 1.165) is 0 Å². The van der Waals surface area contributed by atoms with Crippen molar-refractivity contribution in [1.82, 2.24) is 0 Å². The first-order chi connectivity index (χ1) is 9.02. The van der Waals surface area contributed by atoms with Crippen LogP contribution >= 0.6 is 11.6 Å². The molecule has 1 aliphatic rings. The maximum atomic E-state index is 11.8. The number of hydrogen-bond donors (Lipinski definition) is 1. The predicted octanol–water partition coefficient (Wildman–Crippen LogP) is 1.42. The Kier molecular flexibility index (Phi) is 3.71. The third-order valence-corrected chi connectivity index (χ3v) is 2.72. The average molecular weight is 284 g/mol. The van der Waals surface area contributed by atoms with Crippen molar-refractivity contribution < 1.29 is 23.9 Å². The van der Waals surface area contributed by atoms with Gasteiger partial charge in [0.2, 0.25) is 0 Å². The molecule has 0 saturated heterocycles. The molecule has 1 aromatic rings. The Morgan fingerprint density at radius 3 is 2.89 bits per heavy atom. The lowest BCUT2D eigenvalue weighted by Crippen LogP contribution is -2.26. The fourth-order valence-corrected chi connectivity index (χ4v) is 1.83. The molecule has 6 nitrogen and oxygen atoms in total. The lowest BCUT2D eigenvalue weighted by Gasteiger charge is -2.19. The highest BCUT2D eigenvalue weighted by Gasteiger charge is 2.25. The normalized spacial score (nSPS) is 13.1. The van der Waals surface area contributed by atoms with Crippen molar-refractivity contribution in [2.45, 2.75) is 6.92 Å². The SMILES string of the molecule is CCOC(=O)C(=O)c1cc2c(cc1Cl)NC(=O)CO2. The lowest BCUT2D eigenvalue weighted by molar-refractivity contribution is -0.137. The van der Waals surface area contributed by atoms with E-state index < -0.39 is 11.8 Å². The number of carbonyl (C=O) groups is 3. The summed E-state index contributed by atoms with van der Waals surface area (Å²) in [5.41, 5.74) is 0.344. The third-order valence-electron chi connectivity index (χ3n) is 2.41. The fraction of sp³-hybridized carbons (Fsp3) is 0.250. The van der Waals surface area contributed by atoms with E-state index in [2.05, 4.69) is 10.1 Å². The number of Topliss-reactive ketones (excluding diaryl/α,β-unsaturated/α-hetero) is 1. The van der Waals surface area contributed by atoms with Crippen molar-refractivity contribution >= 4 is 34.9 Å². The number of hydrogen-bond acceptors (Lipinski definition) is 5. The summed E-state index contributed by atoms with van der Waals surface area (Å²) in [5, 5.41) is 2.59. The zero-order chi connectivity index (χ0) is 14.0. The Hall–Kier alpha value is -2.08. The molecule has 0 aliphatic carbocycles. The first-order valence-electron chi connectivity index (χ1n) is 5.50. The molecule has 0 aromatic heterocycles. The maximum absolute atomic E-state index is 11.8. The Labute approximate surface area is 113 Å². The molecule has 0 atom stereocenters. The summed E-state index contributed by atoms with van der Waals surface area (Å²) in [7, 11) is 0. The summed E-state index contributed by atoms with van der Waals surface area (Å²) in [6.45, 7) is 1.54. The Bertz CT molecular complexity index is 569. The van der Waals surface area contributed by atoms with Crippen molar-refractivity contribution in [2.75, 3.05) is 18.5 Å². The molecule has 0 saturated carbocycles. The highest BCUT2D eigenvalue weighted by atomic mass is 35.5. The van der Waals surface area contributed by atoms with Crippen molar-refractivity contribution in [3.8, 4) is 5.75 Å². The molecule has 1 heterocycles. The number of rotatable bonds is 3. The van der Waals surface area contributed by atoms with Gasteiger partial charge in [0.15, 0.2) is 6.61 Å². The van der Waals surface area contributed by atoms with Crippen molar-refractivity contribution in [2.24, 2.45) is 0 Å². The van der Waals surface area contributed by atoms with Gasteiger partial charge in [-0.25, -0.2) is 4.79 Å². The lowest BCUT2D eigenvalue weighted by atomic mass is 10.1. The van der Waals surface area contributed by atoms with Gasteiger partial charge in [0, 0.05) is 0 Å². The van der Waals surface area contributed by atoms with Gasteiger partial charge in [0.25, 0.3) is 11.7 Å². The van der Waals surface area contributed by atoms with Gasteiger partial charge in [-0.1, -0.05) is 11.6 Å². The van der Waals surface area contributed by atoms with Crippen LogP contribution < -0.4 is 10.1 Å². The number of ketones is 1. The molecule has 2 rings (SSSR count). The molecule has 7 heteroatoms. The second kappa shape index (κ2) is 5.27. The molecule has 1 N–H and O–H groups in total. The largest absolute Gasteiger partial charge is 0.482 e. The average Bonchev–Trinajstić information content (AvgIpc) is 2.37. The Balaban J connectivity index is 2.35. The van der Waals surface area contributed by atoms with E-state index >= 15 is 0 Å². The number of halogens is 1. The summed E-state index contributed by atoms with van der Waals surface area (Å²) >= 11 is 5.91. The zero-order valence-corrected chi connectivity index (χ0v) is 10.7. The van der Waals surface area contributed by atoms with Crippen molar-refractivity contribution in [3.05, 3.63) is 22.7 Å². The van der Waals surface area contributed by atoms with Crippen LogP contribution in [0.5, 0.6) is 5.75 Å². The summed E-state index contributed by atoms with van der Waals surface area (Å²) in [4.78, 5) is 34.3. The van der Waals surface area contributed by atoms with Crippen LogP contribution in [-0.4, -0.2) is 30.9 Å². The van der Waals surface area contributed by atoms with Crippen molar-refractivity contribution in [1.29, 1.82) is 0 Å². The van der Waals surface area contributed by atoms with Gasteiger partial charge in [0.05, 0.1) is 22.9 Å². The van der Waals surface area contributed by atoms with Crippen LogP contribution in [0.1, 0.15) is 17.3 Å². The first-order valence-corrected chi connectivity index (χ1v) is 5.88. The van der Waals surface area contributed by atoms with Crippen LogP contribution in [0, 0.1) is 0 Å². The van der Waals surface area contributed by atoms with Crippen LogP contribution in [-0.2, 0) is 14.3 Å². The monoisotopic (exact) mass is 283 g/mol. The predicted molar refractivity (Wildman–Crippen MR) is 66.5 cm³/mol. The molecular formula is C12H10ClNO5. The molecule has 0 unspecified atom stereocenters. The standard InChI is InChI=1S/C12H10ClNO5/c1-2-18-12(17)11(16)6-3-9-8(4-7(6)13)14-10(15)5-19-9/h3-4H,2,5H2,1H3,(H,14,15). The van der Waals surface area contributed by atoms with Crippen LogP contribution in [0.4, 0.5) is 5.69 Å². The van der Waals surface area contributed by atoms with Crippen molar-refractivity contribution in [3.63, 3.8) is 0 Å². The third kappa shape index (κ3) is 2.68. The number of benzene rings is 1. The van der Waals surface area contributed by atoms with Crippen LogP contribution in [0.25, 0.3) is 0 Å². The number of anilines is 1. The number of amides is 1. The molecule has 0 radical (unpaired) electrons. The molecule has 19 heavy (non-hydrogen) atoms. The smallest absolute Gasteiger partial charge is 0.379 e. The fourth-order valence-electron chi connectivity index (χ4n) is 1.58. The summed E-state index contributed by atoms with van der Waals surface area (Å²) in [6.07, 6.45) is 0. The number of fused-ring (bicyclic) bond motifs is 1. The summed E-state index contributed by atoms with van der Waals surface area (Å²) in [5.74, 6) is -1.86. The number of ether oxygens (including phenoxy) is 2. The van der Waals surface area contributed by atoms with Gasteiger partial charge < -0.3 is 14.8 Å². The van der Waals surface area contributed by atoms with Gasteiger partial charge in [-0.05, 0) is 19.1 Å². The van der Waals surface area contributed by atoms with Gasteiger partial charge in [-0.2, -0.15) is 0 Å². The minimum absolute atomic E-state index is 0.0185.